The van der Waals surface area contributed by atoms with Gasteiger partial charge in [0.15, 0.2) is 0 Å². The molecule has 1 fully saturated rings. The Labute approximate surface area is 100.0 Å². The van der Waals surface area contributed by atoms with Crippen LogP contribution in [0.5, 0.6) is 0 Å². The molecular weight excluding hydrogens is 226 g/mol. The van der Waals surface area contributed by atoms with E-state index in [1.807, 2.05) is 6.92 Å². The lowest BCUT2D eigenvalue weighted by Crippen LogP contribution is -2.44. The minimum atomic E-state index is -1.42. The highest BCUT2D eigenvalue weighted by atomic mass is 16.5. The van der Waals surface area contributed by atoms with Crippen molar-refractivity contribution in [2.45, 2.75) is 38.4 Å². The first kappa shape index (κ1) is 13.9. The number of aliphatic carboxylic acids is 1. The molecule has 1 rings (SSSR count). The lowest BCUT2D eigenvalue weighted by atomic mass is 10.0. The number of rotatable bonds is 5. The number of carboxylic acids is 1. The number of hydrogen-bond acceptors (Lipinski definition) is 4. The first-order valence-electron chi connectivity index (χ1n) is 5.63. The zero-order valence-electron chi connectivity index (χ0n) is 10.1. The zero-order chi connectivity index (χ0) is 13.1. The third kappa shape index (κ3) is 4.70. The highest BCUT2D eigenvalue weighted by Crippen LogP contribution is 2.19. The number of nitrogens with one attached hydrogen (secondary N) is 1. The predicted octanol–water partition coefficient (Wildman–Crippen LogP) is -0.247. The van der Waals surface area contributed by atoms with E-state index in [0.29, 0.717) is 13.0 Å². The van der Waals surface area contributed by atoms with Gasteiger partial charge in [0.2, 0.25) is 5.91 Å². The summed E-state index contributed by atoms with van der Waals surface area (Å²) >= 11 is 0. The maximum atomic E-state index is 11.7. The maximum absolute atomic E-state index is 11.7. The van der Waals surface area contributed by atoms with E-state index < -0.39 is 18.0 Å². The van der Waals surface area contributed by atoms with Crippen LogP contribution >= 0.6 is 0 Å². The summed E-state index contributed by atoms with van der Waals surface area (Å²) in [7, 11) is 0. The number of carbonyl (C=O) groups excluding carboxylic acids is 1. The fraction of sp³-hybridized carbons (Fsp3) is 0.818. The first-order valence-corrected chi connectivity index (χ1v) is 5.63. The van der Waals surface area contributed by atoms with Crippen LogP contribution in [0, 0.1) is 5.92 Å². The Bertz CT molecular complexity index is 302. The molecule has 1 saturated heterocycles. The number of carbonyl (C=O) groups is 2. The van der Waals surface area contributed by atoms with Gasteiger partial charge < -0.3 is 20.3 Å². The van der Waals surface area contributed by atoms with Crippen molar-refractivity contribution in [2.24, 2.45) is 5.92 Å². The fourth-order valence-corrected chi connectivity index (χ4v) is 1.81. The summed E-state index contributed by atoms with van der Waals surface area (Å²) in [6.07, 6.45) is 0.336. The topological polar surface area (TPSA) is 95.9 Å². The smallest absolute Gasteiger partial charge is 0.306 e. The molecule has 3 N–H and O–H groups in total. The lowest BCUT2D eigenvalue weighted by molar-refractivity contribution is -0.142. The summed E-state index contributed by atoms with van der Waals surface area (Å²) < 4.78 is 5.27. The average molecular weight is 245 g/mol. The van der Waals surface area contributed by atoms with Crippen molar-refractivity contribution in [3.8, 4) is 0 Å². The Morgan fingerprint density at radius 1 is 1.53 bits per heavy atom. The third-order valence-corrected chi connectivity index (χ3v) is 2.74. The molecule has 98 valence electrons. The Balaban J connectivity index is 2.34. The molecule has 3 unspecified atom stereocenters. The molecule has 6 nitrogen and oxygen atoms in total. The van der Waals surface area contributed by atoms with Crippen LogP contribution in [0.2, 0.25) is 0 Å². The fourth-order valence-electron chi connectivity index (χ4n) is 1.81. The summed E-state index contributed by atoms with van der Waals surface area (Å²) in [5.74, 6) is -1.49. The molecule has 1 amide bonds. The van der Waals surface area contributed by atoms with Gasteiger partial charge in [-0.3, -0.25) is 9.59 Å². The monoisotopic (exact) mass is 245 g/mol. The second kappa shape index (κ2) is 5.46. The predicted molar refractivity (Wildman–Crippen MR) is 59.4 cm³/mol. The minimum Gasteiger partial charge on any atom is -0.481 e. The molecule has 1 aliphatic heterocycles. The van der Waals surface area contributed by atoms with Crippen molar-refractivity contribution in [3.05, 3.63) is 0 Å². The van der Waals surface area contributed by atoms with Gasteiger partial charge in [0.1, 0.15) is 0 Å². The second-order valence-electron chi connectivity index (χ2n) is 4.86. The quantitative estimate of drug-likeness (QED) is 0.621. The molecule has 0 bridgehead atoms. The Kier molecular flexibility index (Phi) is 4.47. The van der Waals surface area contributed by atoms with E-state index in [-0.39, 0.29) is 24.5 Å². The summed E-state index contributed by atoms with van der Waals surface area (Å²) in [5, 5.41) is 20.8. The number of amides is 1. The molecule has 1 heterocycles. The highest BCUT2D eigenvalue weighted by molar-refractivity contribution is 5.79. The standard InChI is InChI=1S/C11H19NO5/c1-7-3-8(5-17-7)10(15)12-6-11(2,16)4-9(13)14/h7-8,16H,3-6H2,1-2H3,(H,12,15)(H,13,14). The van der Waals surface area contributed by atoms with Gasteiger partial charge in [0.05, 0.1) is 30.7 Å². The largest absolute Gasteiger partial charge is 0.481 e. The summed E-state index contributed by atoms with van der Waals surface area (Å²) in [6, 6.07) is 0. The van der Waals surface area contributed by atoms with Crippen molar-refractivity contribution in [1.29, 1.82) is 0 Å². The van der Waals surface area contributed by atoms with E-state index in [0.717, 1.165) is 0 Å². The van der Waals surface area contributed by atoms with E-state index >= 15 is 0 Å². The van der Waals surface area contributed by atoms with Gasteiger partial charge in [0, 0.05) is 6.54 Å². The molecule has 0 saturated carbocycles. The van der Waals surface area contributed by atoms with Crippen LogP contribution in [0.1, 0.15) is 26.7 Å². The normalized spacial score (nSPS) is 27.5. The molecular formula is C11H19NO5. The van der Waals surface area contributed by atoms with E-state index in [9.17, 15) is 14.7 Å². The molecule has 0 aliphatic carbocycles. The number of carboxylic acid groups (broad SMARTS) is 1. The van der Waals surface area contributed by atoms with Gasteiger partial charge in [0.25, 0.3) is 0 Å². The molecule has 1 aliphatic rings. The van der Waals surface area contributed by atoms with Crippen LogP contribution in [0.15, 0.2) is 0 Å². The van der Waals surface area contributed by atoms with Crippen molar-refractivity contribution in [1.82, 2.24) is 5.32 Å². The Hall–Kier alpha value is -1.14. The third-order valence-electron chi connectivity index (χ3n) is 2.74. The molecule has 6 heteroatoms. The first-order chi connectivity index (χ1) is 7.80. The zero-order valence-corrected chi connectivity index (χ0v) is 10.1. The second-order valence-corrected chi connectivity index (χ2v) is 4.86. The van der Waals surface area contributed by atoms with Crippen molar-refractivity contribution >= 4 is 11.9 Å². The number of aliphatic hydroxyl groups is 1. The van der Waals surface area contributed by atoms with Gasteiger partial charge in [-0.2, -0.15) is 0 Å². The van der Waals surface area contributed by atoms with Gasteiger partial charge >= 0.3 is 5.97 Å². The summed E-state index contributed by atoms with van der Waals surface area (Å²) in [4.78, 5) is 22.1. The van der Waals surface area contributed by atoms with Crippen LogP contribution in [-0.4, -0.2) is 46.9 Å². The van der Waals surface area contributed by atoms with E-state index in [2.05, 4.69) is 5.32 Å². The molecule has 0 radical (unpaired) electrons. The molecule has 0 aromatic rings. The lowest BCUT2D eigenvalue weighted by Gasteiger charge is -2.22. The SMILES string of the molecule is CC1CC(C(=O)NCC(C)(O)CC(=O)O)CO1. The van der Waals surface area contributed by atoms with Gasteiger partial charge in [-0.15, -0.1) is 0 Å². The van der Waals surface area contributed by atoms with Crippen molar-refractivity contribution < 1.29 is 24.5 Å². The summed E-state index contributed by atoms with van der Waals surface area (Å²) in [5.41, 5.74) is -1.42. The Morgan fingerprint density at radius 3 is 2.65 bits per heavy atom. The van der Waals surface area contributed by atoms with Gasteiger partial charge in [-0.25, -0.2) is 0 Å². The minimum absolute atomic E-state index is 0.0665. The molecule has 0 aromatic carbocycles. The van der Waals surface area contributed by atoms with Crippen molar-refractivity contribution in [3.63, 3.8) is 0 Å². The maximum Gasteiger partial charge on any atom is 0.306 e. The van der Waals surface area contributed by atoms with Crippen LogP contribution < -0.4 is 5.32 Å². The van der Waals surface area contributed by atoms with Crippen molar-refractivity contribution in [2.75, 3.05) is 13.2 Å². The van der Waals surface area contributed by atoms with E-state index in [1.165, 1.54) is 6.92 Å². The van der Waals surface area contributed by atoms with Gasteiger partial charge in [-0.1, -0.05) is 0 Å². The van der Waals surface area contributed by atoms with Crippen LogP contribution in [0.3, 0.4) is 0 Å². The highest BCUT2D eigenvalue weighted by Gasteiger charge is 2.30. The number of hydrogen-bond donors (Lipinski definition) is 3. The Morgan fingerprint density at radius 2 is 2.18 bits per heavy atom. The molecule has 0 spiro atoms. The molecule has 0 aromatic heterocycles. The van der Waals surface area contributed by atoms with E-state index in [1.54, 1.807) is 0 Å². The summed E-state index contributed by atoms with van der Waals surface area (Å²) in [6.45, 7) is 3.60. The van der Waals surface area contributed by atoms with Crippen LogP contribution in [0.4, 0.5) is 0 Å². The number of ether oxygens (including phenoxy) is 1. The van der Waals surface area contributed by atoms with Gasteiger partial charge in [-0.05, 0) is 20.3 Å². The van der Waals surface area contributed by atoms with E-state index in [4.69, 9.17) is 9.84 Å². The molecule has 3 atom stereocenters. The molecule has 17 heavy (non-hydrogen) atoms. The average Bonchev–Trinajstić information content (AvgIpc) is 2.59. The van der Waals surface area contributed by atoms with Crippen LogP contribution in [-0.2, 0) is 14.3 Å². The van der Waals surface area contributed by atoms with Crippen LogP contribution in [0.25, 0.3) is 0 Å².